The van der Waals surface area contributed by atoms with Gasteiger partial charge in [0, 0.05) is 19.5 Å². The molecule has 0 spiro atoms. The van der Waals surface area contributed by atoms with Crippen molar-refractivity contribution in [2.45, 2.75) is 6.92 Å². The van der Waals surface area contributed by atoms with Crippen molar-refractivity contribution in [2.24, 2.45) is 0 Å². The van der Waals surface area contributed by atoms with Gasteiger partial charge in [-0.3, -0.25) is 0 Å². The van der Waals surface area contributed by atoms with Gasteiger partial charge < -0.3 is 0 Å². The molecule has 0 bridgehead atoms. The van der Waals surface area contributed by atoms with E-state index in [0.717, 1.165) is 0 Å². The molecule has 0 aliphatic rings. The van der Waals surface area contributed by atoms with E-state index >= 15 is 0 Å². The number of hydrogen-bond donors (Lipinski definition) is 0. The zero-order valence-corrected chi connectivity index (χ0v) is 10.7. The van der Waals surface area contributed by atoms with Crippen LogP contribution in [-0.2, 0) is 26.5 Å². The van der Waals surface area contributed by atoms with Gasteiger partial charge in [-0.1, -0.05) is 0 Å². The average molecular weight is 362 g/mol. The predicted molar refractivity (Wildman–Crippen MR) is 11.8 cm³/mol. The topological polar surface area (TPSA) is 26.3 Å². The molecule has 0 unspecified atom stereocenters. The largest absolute Gasteiger partial charge is 0 e. The molecule has 0 fully saturated rings. The van der Waals surface area contributed by atoms with Crippen LogP contribution >= 0.6 is 0 Å². The second-order valence-corrected chi connectivity index (χ2v) is 1.44. The molecule has 0 radical (unpaired) electrons. The van der Waals surface area contributed by atoms with Gasteiger partial charge in [-0.2, -0.15) is 0 Å². The Kier molecular flexibility index (Phi) is 10.4. The van der Waals surface area contributed by atoms with Crippen LogP contribution in [0.5, 0.6) is 0 Å². The molecule has 0 atom stereocenters. The van der Waals surface area contributed by atoms with E-state index in [0.29, 0.717) is 29.9 Å². The summed E-state index contributed by atoms with van der Waals surface area (Å²) < 4.78 is 4.28. The first kappa shape index (κ1) is 10.2. The molecule has 2 nitrogen and oxygen atoms in total. The summed E-state index contributed by atoms with van der Waals surface area (Å²) in [5.74, 6) is -0.171. The Morgan fingerprint density at radius 3 is 2.00 bits per heavy atom. The van der Waals surface area contributed by atoms with Gasteiger partial charge in [-0.25, -0.2) is 0 Å². The van der Waals surface area contributed by atoms with Gasteiger partial charge in [0.05, 0.1) is 0 Å². The molecule has 0 aromatic heterocycles. The first-order valence-corrected chi connectivity index (χ1v) is 2.81. The zero-order chi connectivity index (χ0) is 4.28. The third kappa shape index (κ3) is 8.94. The fraction of sp³-hybridized carbons (Fsp3) is 0.500. The van der Waals surface area contributed by atoms with E-state index in [9.17, 15) is 4.79 Å². The molecule has 0 aromatic carbocycles. The van der Waals surface area contributed by atoms with Gasteiger partial charge in [-0.05, 0) is 0 Å². The molecule has 0 aliphatic heterocycles. The summed E-state index contributed by atoms with van der Waals surface area (Å²) in [6.07, 6.45) is 0. The van der Waals surface area contributed by atoms with Crippen LogP contribution in [0.15, 0.2) is 0 Å². The summed E-state index contributed by atoms with van der Waals surface area (Å²) >= 11 is 0.349. The van der Waals surface area contributed by atoms with Crippen LogP contribution < -0.4 is 0 Å². The predicted octanol–water partition coefficient (Wildman–Crippen LogP) is 0.0113. The van der Waals surface area contributed by atoms with Crippen molar-refractivity contribution in [1.29, 1.82) is 0 Å². The van der Waals surface area contributed by atoms with Crippen LogP contribution in [0.4, 0.5) is 0 Å². The molecule has 0 heterocycles. The normalized spacial score (nSPS) is 5.83. The fourth-order valence-electron chi connectivity index (χ4n) is 0. The fourth-order valence-corrected chi connectivity index (χ4v) is 0. The molecule has 0 saturated carbocycles. The maximum atomic E-state index is 9.63. The summed E-state index contributed by atoms with van der Waals surface area (Å²) in [7, 11) is 0. The van der Waals surface area contributed by atoms with E-state index in [1.54, 1.807) is 0 Å². The minimum absolute atomic E-state index is 0. The van der Waals surface area contributed by atoms with E-state index < -0.39 is 0 Å². The second-order valence-electron chi connectivity index (χ2n) is 0.594. The number of hydrogen-bond acceptors (Lipinski definition) is 2. The van der Waals surface area contributed by atoms with Gasteiger partial charge >= 0.3 is 49.8 Å². The third-order valence-corrected chi connectivity index (χ3v) is 1.34. The molecule has 4 heteroatoms. The SMILES string of the molecule is CC(=O)[O][U].[Zn]. The van der Waals surface area contributed by atoms with Crippen molar-refractivity contribution < 1.29 is 56.4 Å². The van der Waals surface area contributed by atoms with E-state index in [4.69, 9.17) is 0 Å². The monoisotopic (exact) mass is 361 g/mol. The maximum Gasteiger partial charge on any atom is 0 e. The summed E-state index contributed by atoms with van der Waals surface area (Å²) in [5, 5.41) is 0. The summed E-state index contributed by atoms with van der Waals surface area (Å²) in [6.45, 7) is 1.40. The first-order valence-electron chi connectivity index (χ1n) is 1.11. The van der Waals surface area contributed by atoms with Crippen molar-refractivity contribution in [3.05, 3.63) is 0 Å². The molecular weight excluding hydrogens is 359 g/mol. The van der Waals surface area contributed by atoms with E-state index in [1.807, 2.05) is 0 Å². The Balaban J connectivity index is 0. The molecular formula is C2H3O2UZn. The second kappa shape index (κ2) is 6.15. The Morgan fingerprint density at radius 1 is 1.83 bits per heavy atom. The molecule has 0 amide bonds. The quantitative estimate of drug-likeness (QED) is 0.568. The molecule has 0 rings (SSSR count). The number of carbonyl (C=O) groups is 1. The maximum absolute atomic E-state index is 9.63. The van der Waals surface area contributed by atoms with Gasteiger partial charge in [0.1, 0.15) is 0 Å². The van der Waals surface area contributed by atoms with E-state index in [2.05, 4.69) is 2.24 Å². The standard InChI is InChI=1S/C2H4O2.U.Zn/c1-2(3)4;;/h1H3,(H,3,4);;/q;+1;/p-1. The van der Waals surface area contributed by atoms with Crippen LogP contribution in [0.2, 0.25) is 0 Å². The van der Waals surface area contributed by atoms with Crippen LogP contribution in [0.1, 0.15) is 6.92 Å². The van der Waals surface area contributed by atoms with Crippen molar-refractivity contribution in [2.75, 3.05) is 0 Å². The molecule has 0 N–H and O–H groups in total. The van der Waals surface area contributed by atoms with Gasteiger partial charge in [0.2, 0.25) is 0 Å². The Bertz CT molecular complexity index is 46.8. The van der Waals surface area contributed by atoms with Crippen LogP contribution in [0.25, 0.3) is 0 Å². The Morgan fingerprint density at radius 2 is 2.00 bits per heavy atom. The van der Waals surface area contributed by atoms with Crippen LogP contribution in [0, 0.1) is 29.9 Å². The number of rotatable bonds is 0. The summed E-state index contributed by atoms with van der Waals surface area (Å²) in [6, 6.07) is 0. The Labute approximate surface area is 68.8 Å². The van der Waals surface area contributed by atoms with Gasteiger partial charge in [0.15, 0.2) is 0 Å². The summed E-state index contributed by atoms with van der Waals surface area (Å²) in [5.41, 5.74) is 0. The molecule has 29 valence electrons. The smallest absolute Gasteiger partial charge is 0 e. The van der Waals surface area contributed by atoms with Gasteiger partial charge in [-0.15, -0.1) is 0 Å². The molecule has 0 aliphatic carbocycles. The molecule has 0 aromatic rings. The van der Waals surface area contributed by atoms with Crippen molar-refractivity contribution in [3.8, 4) is 0 Å². The third-order valence-electron chi connectivity index (χ3n) is 0.144. The Hall–Kier alpha value is 1.15. The van der Waals surface area contributed by atoms with Crippen molar-refractivity contribution >= 4 is 5.97 Å². The summed E-state index contributed by atoms with van der Waals surface area (Å²) in [4.78, 5) is 9.63. The van der Waals surface area contributed by atoms with E-state index in [1.165, 1.54) is 6.92 Å². The first-order chi connectivity index (χ1) is 2.27. The van der Waals surface area contributed by atoms with Crippen molar-refractivity contribution in [3.63, 3.8) is 0 Å². The van der Waals surface area contributed by atoms with E-state index in [-0.39, 0.29) is 25.4 Å². The molecule has 0 saturated heterocycles. The average Bonchev–Trinajstić information content (AvgIpc) is 1.38. The van der Waals surface area contributed by atoms with Crippen LogP contribution in [-0.4, -0.2) is 5.97 Å². The molecule has 6 heavy (non-hydrogen) atoms. The van der Waals surface area contributed by atoms with Gasteiger partial charge in [0.25, 0.3) is 0 Å². The minimum Gasteiger partial charge on any atom is 0 e. The minimum atomic E-state index is -0.171. The van der Waals surface area contributed by atoms with Crippen LogP contribution in [0.3, 0.4) is 0 Å². The zero-order valence-electron chi connectivity index (χ0n) is 3.52. The van der Waals surface area contributed by atoms with Crippen molar-refractivity contribution in [1.82, 2.24) is 0 Å². The number of carbonyl (C=O) groups excluding carboxylic acids is 1.